The number of H-pyrrole nitrogens is 1. The number of hydrogen-bond acceptors (Lipinski definition) is 4. The number of fused-ring (bicyclic) bond motifs is 1. The molecule has 3 aromatic rings. The van der Waals surface area contributed by atoms with E-state index in [0.717, 1.165) is 43.1 Å². The molecule has 30 heavy (non-hydrogen) atoms. The number of benzene rings is 1. The summed E-state index contributed by atoms with van der Waals surface area (Å²) in [4.78, 5) is 12.3. The molecule has 1 aromatic carbocycles. The molecular weight excluding hydrogens is 410 g/mol. The Balaban J connectivity index is 1.50. The molecular formula is C21H24F2N4O2S. The molecule has 160 valence electrons. The first-order chi connectivity index (χ1) is 14.2. The molecule has 0 atom stereocenters. The van der Waals surface area contributed by atoms with Gasteiger partial charge < -0.3 is 4.98 Å². The molecule has 0 spiro atoms. The van der Waals surface area contributed by atoms with Crippen LogP contribution < -0.4 is 4.72 Å². The molecule has 4 rings (SSSR count). The first kappa shape index (κ1) is 20.9. The fourth-order valence-corrected chi connectivity index (χ4v) is 4.78. The van der Waals surface area contributed by atoms with Crippen LogP contribution in [0.25, 0.3) is 22.4 Å². The lowest BCUT2D eigenvalue weighted by Crippen LogP contribution is -2.40. The van der Waals surface area contributed by atoms with Gasteiger partial charge in [0.1, 0.15) is 17.5 Å². The number of pyridine rings is 1. The average Bonchev–Trinajstić information content (AvgIpc) is 3.11. The number of halogens is 2. The van der Waals surface area contributed by atoms with Gasteiger partial charge >= 0.3 is 0 Å². The van der Waals surface area contributed by atoms with E-state index in [1.54, 1.807) is 26.0 Å². The van der Waals surface area contributed by atoms with Gasteiger partial charge in [0.05, 0.1) is 16.5 Å². The van der Waals surface area contributed by atoms with Crippen LogP contribution in [-0.4, -0.2) is 34.7 Å². The van der Waals surface area contributed by atoms with Gasteiger partial charge in [-0.2, -0.15) is 0 Å². The van der Waals surface area contributed by atoms with Gasteiger partial charge in [-0.1, -0.05) is 0 Å². The second kappa shape index (κ2) is 8.03. The molecule has 0 aliphatic heterocycles. The molecule has 0 amide bonds. The van der Waals surface area contributed by atoms with Gasteiger partial charge in [0.15, 0.2) is 5.65 Å². The minimum Gasteiger partial charge on any atom is -0.340 e. The van der Waals surface area contributed by atoms with Crippen LogP contribution in [0.3, 0.4) is 0 Å². The van der Waals surface area contributed by atoms with Gasteiger partial charge in [-0.3, -0.25) is 0 Å². The Hall–Kier alpha value is -2.39. The summed E-state index contributed by atoms with van der Waals surface area (Å²) in [6.45, 7) is 3.34. The Bertz CT molecular complexity index is 1170. The van der Waals surface area contributed by atoms with Crippen LogP contribution in [0.5, 0.6) is 0 Å². The number of nitrogens with zero attached hydrogens (tertiary/aromatic N) is 2. The molecule has 1 saturated carbocycles. The first-order valence-electron chi connectivity index (χ1n) is 10.1. The molecule has 0 radical (unpaired) electrons. The summed E-state index contributed by atoms with van der Waals surface area (Å²) in [5, 5.41) is -0.447. The molecule has 1 aliphatic carbocycles. The number of aromatic amines is 1. The van der Waals surface area contributed by atoms with Gasteiger partial charge in [0.2, 0.25) is 10.0 Å². The highest BCUT2D eigenvalue weighted by Crippen LogP contribution is 2.33. The van der Waals surface area contributed by atoms with E-state index in [1.165, 1.54) is 12.1 Å². The highest BCUT2D eigenvalue weighted by Gasteiger charge is 2.28. The van der Waals surface area contributed by atoms with E-state index in [0.29, 0.717) is 11.3 Å². The molecule has 0 saturated heterocycles. The van der Waals surface area contributed by atoms with E-state index >= 15 is 0 Å². The van der Waals surface area contributed by atoms with Crippen molar-refractivity contribution in [3.05, 3.63) is 47.8 Å². The zero-order valence-corrected chi connectivity index (χ0v) is 17.6. The van der Waals surface area contributed by atoms with E-state index in [-0.39, 0.29) is 17.5 Å². The van der Waals surface area contributed by atoms with Crippen LogP contribution in [0.15, 0.2) is 30.3 Å². The third-order valence-corrected chi connectivity index (χ3v) is 7.54. The van der Waals surface area contributed by atoms with Crippen LogP contribution in [0.1, 0.15) is 51.3 Å². The first-order valence-corrected chi connectivity index (χ1v) is 11.6. The second-order valence-corrected chi connectivity index (χ2v) is 10.3. The van der Waals surface area contributed by atoms with E-state index in [4.69, 9.17) is 0 Å². The SMILES string of the molecule is CC(C)S(=O)(=O)N[C@H]1CC[C@@H](c2nc3nc(-c4ccc(F)cc4F)ccc3[nH]2)CC1. The quantitative estimate of drug-likeness (QED) is 0.628. The molecule has 2 heterocycles. The molecule has 2 N–H and O–H groups in total. The van der Waals surface area contributed by atoms with Crippen molar-refractivity contribution < 1.29 is 17.2 Å². The third-order valence-electron chi connectivity index (χ3n) is 5.64. The number of rotatable bonds is 5. The van der Waals surface area contributed by atoms with Crippen molar-refractivity contribution in [2.24, 2.45) is 0 Å². The van der Waals surface area contributed by atoms with E-state index in [1.807, 2.05) is 0 Å². The summed E-state index contributed by atoms with van der Waals surface area (Å²) in [7, 11) is -3.28. The van der Waals surface area contributed by atoms with E-state index < -0.39 is 26.9 Å². The Labute approximate surface area is 174 Å². The summed E-state index contributed by atoms with van der Waals surface area (Å²) in [6, 6.07) is 6.82. The lowest BCUT2D eigenvalue weighted by Gasteiger charge is -2.28. The molecule has 2 aromatic heterocycles. The average molecular weight is 435 g/mol. The van der Waals surface area contributed by atoms with Crippen LogP contribution in [0.2, 0.25) is 0 Å². The van der Waals surface area contributed by atoms with Gasteiger partial charge in [0, 0.05) is 23.6 Å². The predicted octanol–water partition coefficient (Wildman–Crippen LogP) is 4.26. The van der Waals surface area contributed by atoms with Gasteiger partial charge in [-0.05, 0) is 63.8 Å². The second-order valence-electron chi connectivity index (χ2n) is 8.07. The number of aromatic nitrogens is 3. The summed E-state index contributed by atoms with van der Waals surface area (Å²) >= 11 is 0. The predicted molar refractivity (Wildman–Crippen MR) is 111 cm³/mol. The number of imidazole rings is 1. The van der Waals surface area contributed by atoms with Gasteiger partial charge in [-0.15, -0.1) is 0 Å². The van der Waals surface area contributed by atoms with Crippen LogP contribution in [0, 0.1) is 11.6 Å². The Morgan fingerprint density at radius 1 is 1.07 bits per heavy atom. The number of sulfonamides is 1. The van der Waals surface area contributed by atoms with Crippen molar-refractivity contribution in [2.45, 2.75) is 56.7 Å². The molecule has 6 nitrogen and oxygen atoms in total. The zero-order chi connectivity index (χ0) is 21.5. The van der Waals surface area contributed by atoms with Gasteiger partial charge in [0.25, 0.3) is 0 Å². The maximum absolute atomic E-state index is 14.1. The lowest BCUT2D eigenvalue weighted by atomic mass is 9.86. The fraction of sp³-hybridized carbons (Fsp3) is 0.429. The molecule has 9 heteroatoms. The van der Waals surface area contributed by atoms with Crippen LogP contribution in [0.4, 0.5) is 8.78 Å². The van der Waals surface area contributed by atoms with Crippen molar-refractivity contribution in [1.82, 2.24) is 19.7 Å². The summed E-state index contributed by atoms with van der Waals surface area (Å²) in [6.07, 6.45) is 3.11. The Morgan fingerprint density at radius 2 is 1.80 bits per heavy atom. The monoisotopic (exact) mass is 434 g/mol. The number of hydrogen-bond donors (Lipinski definition) is 2. The summed E-state index contributed by atoms with van der Waals surface area (Å²) < 4.78 is 54.2. The lowest BCUT2D eigenvalue weighted by molar-refractivity contribution is 0.366. The Kier molecular flexibility index (Phi) is 5.59. The Morgan fingerprint density at radius 3 is 2.47 bits per heavy atom. The van der Waals surface area contributed by atoms with Crippen LogP contribution >= 0.6 is 0 Å². The van der Waals surface area contributed by atoms with Crippen molar-refractivity contribution >= 4 is 21.2 Å². The summed E-state index contributed by atoms with van der Waals surface area (Å²) in [5.74, 6) is -0.310. The minimum absolute atomic E-state index is 0.0517. The molecule has 0 bridgehead atoms. The van der Waals surface area contributed by atoms with Gasteiger partial charge in [-0.25, -0.2) is 31.9 Å². The zero-order valence-electron chi connectivity index (χ0n) is 16.8. The smallest absolute Gasteiger partial charge is 0.214 e. The third kappa shape index (κ3) is 4.22. The highest BCUT2D eigenvalue weighted by molar-refractivity contribution is 7.90. The molecule has 1 aliphatic rings. The van der Waals surface area contributed by atoms with Crippen molar-refractivity contribution in [3.63, 3.8) is 0 Å². The van der Waals surface area contributed by atoms with E-state index in [2.05, 4.69) is 19.7 Å². The van der Waals surface area contributed by atoms with Crippen molar-refractivity contribution in [1.29, 1.82) is 0 Å². The van der Waals surface area contributed by atoms with E-state index in [9.17, 15) is 17.2 Å². The topological polar surface area (TPSA) is 87.7 Å². The standard InChI is InChI=1S/C21H24F2N4O2S/c1-12(2)30(28,29)27-15-6-3-13(4-7-15)20-25-19-10-9-18(24-21(19)26-20)16-8-5-14(22)11-17(16)23/h5,8-13,15,27H,3-4,6-7H2,1-2H3,(H,24,25,26)/t13-,15+. The summed E-state index contributed by atoms with van der Waals surface area (Å²) in [5.41, 5.74) is 1.85. The normalized spacial score (nSPS) is 20.2. The number of nitrogens with one attached hydrogen (secondary N) is 2. The minimum atomic E-state index is -3.28. The maximum Gasteiger partial charge on any atom is 0.214 e. The fourth-order valence-electron chi connectivity index (χ4n) is 3.80. The molecule has 1 fully saturated rings. The molecule has 0 unspecified atom stereocenters. The maximum atomic E-state index is 14.1. The highest BCUT2D eigenvalue weighted by atomic mass is 32.2. The van der Waals surface area contributed by atoms with Crippen molar-refractivity contribution in [3.8, 4) is 11.3 Å². The van der Waals surface area contributed by atoms with Crippen molar-refractivity contribution in [2.75, 3.05) is 0 Å². The largest absolute Gasteiger partial charge is 0.340 e. The van der Waals surface area contributed by atoms with Crippen LogP contribution in [-0.2, 0) is 10.0 Å².